The van der Waals surface area contributed by atoms with Crippen molar-refractivity contribution in [1.82, 2.24) is 10.2 Å². The summed E-state index contributed by atoms with van der Waals surface area (Å²) in [6, 6.07) is 0. The van der Waals surface area contributed by atoms with Crippen LogP contribution >= 0.6 is 11.8 Å². The Morgan fingerprint density at radius 1 is 1.21 bits per heavy atom. The van der Waals surface area contributed by atoms with E-state index in [1.807, 2.05) is 34.6 Å². The van der Waals surface area contributed by atoms with Gasteiger partial charge in [0.15, 0.2) is 0 Å². The lowest BCUT2D eigenvalue weighted by molar-refractivity contribution is -0.127. The zero-order valence-corrected chi connectivity index (χ0v) is 13.4. The number of amides is 2. The van der Waals surface area contributed by atoms with Gasteiger partial charge in [-0.1, -0.05) is 0 Å². The quantitative estimate of drug-likeness (QED) is 0.730. The first kappa shape index (κ1) is 18.1. The molecule has 0 heterocycles. The van der Waals surface area contributed by atoms with E-state index >= 15 is 0 Å². The molecule has 5 nitrogen and oxygen atoms in total. The van der Waals surface area contributed by atoms with Gasteiger partial charge in [-0.15, -0.1) is 0 Å². The van der Waals surface area contributed by atoms with Crippen molar-refractivity contribution in [2.75, 3.05) is 31.1 Å². The normalized spacial score (nSPS) is 11.0. The van der Waals surface area contributed by atoms with Crippen molar-refractivity contribution in [2.24, 2.45) is 0 Å². The number of carbonyl (C=O) groups is 2. The molecule has 2 amide bonds. The fourth-order valence-corrected chi connectivity index (χ4v) is 2.11. The monoisotopic (exact) mass is 290 g/mol. The molecule has 1 N–H and O–H groups in total. The van der Waals surface area contributed by atoms with E-state index in [0.29, 0.717) is 18.1 Å². The highest BCUT2D eigenvalue weighted by molar-refractivity contribution is 7.99. The van der Waals surface area contributed by atoms with Gasteiger partial charge in [0.2, 0.25) is 5.91 Å². The van der Waals surface area contributed by atoms with E-state index in [1.165, 1.54) is 11.8 Å². The van der Waals surface area contributed by atoms with Crippen LogP contribution in [0, 0.1) is 0 Å². The van der Waals surface area contributed by atoms with Crippen LogP contribution < -0.4 is 5.32 Å². The molecule has 0 saturated carbocycles. The Hall–Kier alpha value is -0.910. The molecule has 0 bridgehead atoms. The fourth-order valence-electron chi connectivity index (χ4n) is 1.37. The minimum Gasteiger partial charge on any atom is -0.444 e. The summed E-state index contributed by atoms with van der Waals surface area (Å²) in [6.07, 6.45) is -0.414. The molecule has 0 radical (unpaired) electrons. The summed E-state index contributed by atoms with van der Waals surface area (Å²) in [5, 5.41) is 2.66. The summed E-state index contributed by atoms with van der Waals surface area (Å²) < 4.78 is 5.10. The maximum atomic E-state index is 11.7. The van der Waals surface area contributed by atoms with Crippen LogP contribution in [0.15, 0.2) is 0 Å². The molecule has 0 spiro atoms. The zero-order chi connectivity index (χ0) is 14.9. The molecule has 19 heavy (non-hydrogen) atoms. The van der Waals surface area contributed by atoms with Gasteiger partial charge in [0.25, 0.3) is 0 Å². The van der Waals surface area contributed by atoms with E-state index in [0.717, 1.165) is 13.1 Å². The third-order valence-electron chi connectivity index (χ3n) is 2.26. The third kappa shape index (κ3) is 9.64. The average Bonchev–Trinajstić information content (AvgIpc) is 2.27. The third-order valence-corrected chi connectivity index (χ3v) is 3.20. The second-order valence-electron chi connectivity index (χ2n) is 5.05. The number of nitrogens with one attached hydrogen (secondary N) is 1. The molecule has 0 aromatic heterocycles. The van der Waals surface area contributed by atoms with Gasteiger partial charge in [-0.2, -0.15) is 11.8 Å². The van der Waals surface area contributed by atoms with Gasteiger partial charge < -0.3 is 15.0 Å². The minimum atomic E-state index is -0.476. The Bertz CT molecular complexity index is 286. The van der Waals surface area contributed by atoms with E-state index in [-0.39, 0.29) is 5.91 Å². The molecule has 0 aliphatic carbocycles. The molecule has 0 rings (SSSR count). The van der Waals surface area contributed by atoms with Crippen molar-refractivity contribution >= 4 is 23.8 Å². The highest BCUT2D eigenvalue weighted by atomic mass is 32.2. The lowest BCUT2D eigenvalue weighted by Crippen LogP contribution is -2.34. The number of alkyl carbamates (subject to hydrolysis) is 1. The molecule has 0 saturated heterocycles. The summed E-state index contributed by atoms with van der Waals surface area (Å²) >= 11 is 1.52. The second kappa shape index (κ2) is 9.07. The van der Waals surface area contributed by atoms with Crippen molar-refractivity contribution in [3.05, 3.63) is 0 Å². The number of carbonyl (C=O) groups excluding carboxylic acids is 2. The van der Waals surface area contributed by atoms with Gasteiger partial charge in [-0.25, -0.2) is 4.79 Å². The first-order valence-corrected chi connectivity index (χ1v) is 7.78. The van der Waals surface area contributed by atoms with Crippen LogP contribution in [0.2, 0.25) is 0 Å². The number of nitrogens with zero attached hydrogens (tertiary/aromatic N) is 1. The van der Waals surface area contributed by atoms with E-state index in [2.05, 4.69) is 5.32 Å². The molecule has 0 fully saturated rings. The molecule has 0 aromatic carbocycles. The lowest BCUT2D eigenvalue weighted by Gasteiger charge is -2.20. The van der Waals surface area contributed by atoms with E-state index in [9.17, 15) is 9.59 Å². The van der Waals surface area contributed by atoms with E-state index in [1.54, 1.807) is 4.90 Å². The van der Waals surface area contributed by atoms with Gasteiger partial charge in [-0.05, 0) is 34.6 Å². The predicted octanol–water partition coefficient (Wildman–Crippen LogP) is 2.11. The van der Waals surface area contributed by atoms with Gasteiger partial charge in [0.1, 0.15) is 5.60 Å². The number of ether oxygens (including phenoxy) is 1. The molecule has 0 aromatic rings. The van der Waals surface area contributed by atoms with E-state index in [4.69, 9.17) is 4.74 Å². The molecule has 112 valence electrons. The topological polar surface area (TPSA) is 58.6 Å². The summed E-state index contributed by atoms with van der Waals surface area (Å²) in [5.41, 5.74) is -0.476. The molecular weight excluding hydrogens is 264 g/mol. The Balaban J connectivity index is 3.66. The number of hydrogen-bond acceptors (Lipinski definition) is 4. The molecule has 0 aliphatic rings. The molecular formula is C13H26N2O3S. The van der Waals surface area contributed by atoms with Crippen LogP contribution in [0.25, 0.3) is 0 Å². The largest absolute Gasteiger partial charge is 0.444 e. The van der Waals surface area contributed by atoms with Gasteiger partial charge in [0.05, 0.1) is 5.75 Å². The Morgan fingerprint density at radius 3 is 2.26 bits per heavy atom. The van der Waals surface area contributed by atoms with Gasteiger partial charge in [-0.3, -0.25) is 4.79 Å². The van der Waals surface area contributed by atoms with Crippen LogP contribution in [0.5, 0.6) is 0 Å². The van der Waals surface area contributed by atoms with Crippen molar-refractivity contribution in [3.8, 4) is 0 Å². The smallest absolute Gasteiger partial charge is 0.407 e. The minimum absolute atomic E-state index is 0.146. The van der Waals surface area contributed by atoms with Gasteiger partial charge in [0, 0.05) is 25.4 Å². The number of hydrogen-bond donors (Lipinski definition) is 1. The van der Waals surface area contributed by atoms with Crippen LogP contribution in [0.3, 0.4) is 0 Å². The second-order valence-corrected chi connectivity index (χ2v) is 6.15. The highest BCUT2D eigenvalue weighted by Crippen LogP contribution is 2.06. The Kier molecular flexibility index (Phi) is 8.63. The molecule has 6 heteroatoms. The van der Waals surface area contributed by atoms with Crippen LogP contribution in [0.1, 0.15) is 34.6 Å². The zero-order valence-electron chi connectivity index (χ0n) is 12.6. The van der Waals surface area contributed by atoms with Crippen molar-refractivity contribution in [2.45, 2.75) is 40.2 Å². The van der Waals surface area contributed by atoms with Crippen molar-refractivity contribution < 1.29 is 14.3 Å². The van der Waals surface area contributed by atoms with E-state index < -0.39 is 11.7 Å². The SMILES string of the molecule is CCN(CC)C(=O)CSCCNC(=O)OC(C)(C)C. The average molecular weight is 290 g/mol. The molecule has 0 atom stereocenters. The first-order chi connectivity index (χ1) is 8.80. The standard InChI is InChI=1S/C13H26N2O3S/c1-6-15(7-2)11(16)10-19-9-8-14-12(17)18-13(3,4)5/h6-10H2,1-5H3,(H,14,17). The van der Waals surface area contributed by atoms with Crippen LogP contribution in [-0.2, 0) is 9.53 Å². The van der Waals surface area contributed by atoms with Crippen molar-refractivity contribution in [1.29, 1.82) is 0 Å². The number of rotatable bonds is 7. The predicted molar refractivity (Wildman–Crippen MR) is 79.5 cm³/mol. The maximum Gasteiger partial charge on any atom is 0.407 e. The highest BCUT2D eigenvalue weighted by Gasteiger charge is 2.15. The first-order valence-electron chi connectivity index (χ1n) is 6.62. The van der Waals surface area contributed by atoms with Crippen LogP contribution in [-0.4, -0.2) is 53.6 Å². The maximum absolute atomic E-state index is 11.7. The lowest BCUT2D eigenvalue weighted by atomic mass is 10.2. The van der Waals surface area contributed by atoms with Crippen LogP contribution in [0.4, 0.5) is 4.79 Å². The Morgan fingerprint density at radius 2 is 1.79 bits per heavy atom. The Labute approximate surface area is 120 Å². The number of thioether (sulfide) groups is 1. The molecule has 0 unspecified atom stereocenters. The molecule has 0 aliphatic heterocycles. The fraction of sp³-hybridized carbons (Fsp3) is 0.846. The van der Waals surface area contributed by atoms with Gasteiger partial charge >= 0.3 is 6.09 Å². The summed E-state index contributed by atoms with van der Waals surface area (Å²) in [6.45, 7) is 11.4. The summed E-state index contributed by atoms with van der Waals surface area (Å²) in [5.74, 6) is 1.30. The summed E-state index contributed by atoms with van der Waals surface area (Å²) in [4.78, 5) is 24.8. The van der Waals surface area contributed by atoms with Crippen molar-refractivity contribution in [3.63, 3.8) is 0 Å². The summed E-state index contributed by atoms with van der Waals surface area (Å²) in [7, 11) is 0.